The van der Waals surface area contributed by atoms with Crippen LogP contribution in [0, 0.1) is 6.92 Å². The highest BCUT2D eigenvalue weighted by Crippen LogP contribution is 2.31. The first kappa shape index (κ1) is 16.5. The molecule has 2 rings (SSSR count). The van der Waals surface area contributed by atoms with Crippen molar-refractivity contribution < 1.29 is 0 Å². The van der Waals surface area contributed by atoms with Crippen LogP contribution < -0.4 is 5.32 Å². The number of nitrogens with zero attached hydrogens (tertiary/aromatic N) is 1. The average Bonchev–Trinajstić information content (AvgIpc) is 2.84. The molecule has 1 aromatic heterocycles. The average molecular weight is 323 g/mol. The Bertz CT molecular complexity index is 591. The highest BCUT2D eigenvalue weighted by molar-refractivity contribution is 7.11. The first-order valence-electron chi connectivity index (χ1n) is 7.44. The van der Waals surface area contributed by atoms with Crippen molar-refractivity contribution in [3.05, 3.63) is 50.4 Å². The van der Waals surface area contributed by atoms with Gasteiger partial charge in [0.1, 0.15) is 5.01 Å². The lowest BCUT2D eigenvalue weighted by Crippen LogP contribution is -2.41. The molecule has 0 saturated heterocycles. The second-order valence-corrected chi connectivity index (χ2v) is 7.18. The van der Waals surface area contributed by atoms with Crippen LogP contribution in [0.1, 0.15) is 41.9 Å². The minimum Gasteiger partial charge on any atom is -0.306 e. The molecule has 1 N–H and O–H groups in total. The van der Waals surface area contributed by atoms with Gasteiger partial charge >= 0.3 is 0 Å². The molecule has 1 heterocycles. The summed E-state index contributed by atoms with van der Waals surface area (Å²) in [5.74, 6) is 0. The molecule has 1 aromatic carbocycles. The van der Waals surface area contributed by atoms with Gasteiger partial charge in [0.2, 0.25) is 0 Å². The van der Waals surface area contributed by atoms with Gasteiger partial charge in [0.15, 0.2) is 0 Å². The molecule has 0 radical (unpaired) electrons. The molecule has 1 atom stereocenters. The van der Waals surface area contributed by atoms with E-state index in [4.69, 9.17) is 16.6 Å². The highest BCUT2D eigenvalue weighted by atomic mass is 35.5. The fraction of sp³-hybridized carbons (Fsp3) is 0.471. The third kappa shape index (κ3) is 3.85. The Labute approximate surface area is 136 Å². The summed E-state index contributed by atoms with van der Waals surface area (Å²) in [4.78, 5) is 6.19. The van der Waals surface area contributed by atoms with Crippen LogP contribution in [0.4, 0.5) is 0 Å². The lowest BCUT2D eigenvalue weighted by Gasteiger charge is -2.28. The summed E-state index contributed by atoms with van der Waals surface area (Å²) in [6.07, 6.45) is 1.90. The van der Waals surface area contributed by atoms with Crippen molar-refractivity contribution in [1.29, 1.82) is 0 Å². The van der Waals surface area contributed by atoms with Gasteiger partial charge < -0.3 is 5.32 Å². The SMILES string of the molecule is CCNC(C)(Cc1ccc(Cl)cc1)c1nc(CC)c(C)s1. The molecule has 0 fully saturated rings. The van der Waals surface area contributed by atoms with Gasteiger partial charge in [0, 0.05) is 9.90 Å². The standard InChI is InChI=1S/C17H23ClN2S/c1-5-15-12(3)21-16(20-15)17(4,19-6-2)11-13-7-9-14(18)10-8-13/h7-10,19H,5-6,11H2,1-4H3. The number of likely N-dealkylation sites (N-methyl/N-ethyl adjacent to an activating group) is 1. The molecule has 21 heavy (non-hydrogen) atoms. The first-order chi connectivity index (χ1) is 9.98. The van der Waals surface area contributed by atoms with E-state index in [9.17, 15) is 0 Å². The number of aromatic nitrogens is 1. The van der Waals surface area contributed by atoms with Crippen LogP contribution in [-0.4, -0.2) is 11.5 Å². The van der Waals surface area contributed by atoms with E-state index < -0.39 is 0 Å². The van der Waals surface area contributed by atoms with Crippen LogP contribution in [0.2, 0.25) is 5.02 Å². The molecule has 1 unspecified atom stereocenters. The molecular formula is C17H23ClN2S. The van der Waals surface area contributed by atoms with E-state index in [1.807, 2.05) is 23.5 Å². The topological polar surface area (TPSA) is 24.9 Å². The zero-order valence-electron chi connectivity index (χ0n) is 13.2. The van der Waals surface area contributed by atoms with Gasteiger partial charge in [-0.25, -0.2) is 4.98 Å². The fourth-order valence-electron chi connectivity index (χ4n) is 2.61. The summed E-state index contributed by atoms with van der Waals surface area (Å²) >= 11 is 7.79. The Morgan fingerprint density at radius 2 is 1.90 bits per heavy atom. The van der Waals surface area contributed by atoms with Crippen LogP contribution in [0.25, 0.3) is 0 Å². The highest BCUT2D eigenvalue weighted by Gasteiger charge is 2.30. The molecule has 0 amide bonds. The second kappa shape index (κ2) is 6.91. The minimum atomic E-state index is -0.134. The largest absolute Gasteiger partial charge is 0.306 e. The second-order valence-electron chi connectivity index (χ2n) is 5.54. The number of hydrogen-bond donors (Lipinski definition) is 1. The maximum Gasteiger partial charge on any atom is 0.113 e. The number of halogens is 1. The quantitative estimate of drug-likeness (QED) is 0.831. The summed E-state index contributed by atoms with van der Waals surface area (Å²) in [6.45, 7) is 9.62. The monoisotopic (exact) mass is 322 g/mol. The molecule has 2 nitrogen and oxygen atoms in total. The summed E-state index contributed by atoms with van der Waals surface area (Å²) in [5.41, 5.74) is 2.36. The maximum absolute atomic E-state index is 5.98. The van der Waals surface area contributed by atoms with Gasteiger partial charge in [-0.2, -0.15) is 0 Å². The van der Waals surface area contributed by atoms with Crippen molar-refractivity contribution >= 4 is 22.9 Å². The van der Waals surface area contributed by atoms with Gasteiger partial charge in [0.05, 0.1) is 11.2 Å². The van der Waals surface area contributed by atoms with Gasteiger partial charge in [0.25, 0.3) is 0 Å². The zero-order valence-corrected chi connectivity index (χ0v) is 14.7. The molecule has 0 spiro atoms. The van der Waals surface area contributed by atoms with Crippen LogP contribution in [-0.2, 0) is 18.4 Å². The van der Waals surface area contributed by atoms with Crippen LogP contribution in [0.3, 0.4) is 0 Å². The lowest BCUT2D eigenvalue weighted by molar-refractivity contribution is 0.371. The van der Waals surface area contributed by atoms with E-state index >= 15 is 0 Å². The number of thiazole rings is 1. The number of benzene rings is 1. The Balaban J connectivity index is 2.32. The first-order valence-corrected chi connectivity index (χ1v) is 8.64. The Morgan fingerprint density at radius 1 is 1.24 bits per heavy atom. The predicted octanol–water partition coefficient (Wildman–Crippen LogP) is 4.73. The van der Waals surface area contributed by atoms with Crippen molar-refractivity contribution in [2.24, 2.45) is 0 Å². The zero-order chi connectivity index (χ0) is 15.5. The van der Waals surface area contributed by atoms with Crippen LogP contribution in [0.5, 0.6) is 0 Å². The van der Waals surface area contributed by atoms with Gasteiger partial charge in [-0.05, 0) is 50.9 Å². The maximum atomic E-state index is 5.98. The van der Waals surface area contributed by atoms with Crippen molar-refractivity contribution in [1.82, 2.24) is 10.3 Å². The predicted molar refractivity (Wildman–Crippen MR) is 92.4 cm³/mol. The molecule has 2 aromatic rings. The van der Waals surface area contributed by atoms with Crippen molar-refractivity contribution in [2.45, 2.75) is 46.1 Å². The van der Waals surface area contributed by atoms with Gasteiger partial charge in [-0.15, -0.1) is 11.3 Å². The Morgan fingerprint density at radius 3 is 2.43 bits per heavy atom. The summed E-state index contributed by atoms with van der Waals surface area (Å²) in [7, 11) is 0. The number of rotatable bonds is 6. The normalized spacial score (nSPS) is 14.1. The van der Waals surface area contributed by atoms with Gasteiger partial charge in [-0.3, -0.25) is 0 Å². The van der Waals surface area contributed by atoms with E-state index in [2.05, 4.69) is 45.1 Å². The van der Waals surface area contributed by atoms with E-state index in [0.29, 0.717) is 0 Å². The number of nitrogens with one attached hydrogen (secondary N) is 1. The third-order valence-electron chi connectivity index (χ3n) is 3.74. The van der Waals surface area contributed by atoms with E-state index in [1.54, 1.807) is 0 Å². The van der Waals surface area contributed by atoms with Gasteiger partial charge in [-0.1, -0.05) is 37.6 Å². The molecule has 0 aliphatic carbocycles. The molecule has 0 aliphatic heterocycles. The summed E-state index contributed by atoms with van der Waals surface area (Å²) < 4.78 is 0. The Hall–Kier alpha value is -0.900. The molecule has 0 bridgehead atoms. The van der Waals surface area contributed by atoms with E-state index in [0.717, 1.165) is 24.4 Å². The third-order valence-corrected chi connectivity index (χ3v) is 5.27. The lowest BCUT2D eigenvalue weighted by atomic mass is 9.93. The van der Waals surface area contributed by atoms with Crippen molar-refractivity contribution in [3.8, 4) is 0 Å². The molecule has 4 heteroatoms. The van der Waals surface area contributed by atoms with Crippen molar-refractivity contribution in [2.75, 3.05) is 6.54 Å². The number of aryl methyl sites for hydroxylation is 2. The summed E-state index contributed by atoms with van der Waals surface area (Å²) in [6, 6.07) is 8.10. The van der Waals surface area contributed by atoms with E-state index in [1.165, 1.54) is 21.1 Å². The van der Waals surface area contributed by atoms with Crippen molar-refractivity contribution in [3.63, 3.8) is 0 Å². The summed E-state index contributed by atoms with van der Waals surface area (Å²) in [5, 5.41) is 5.57. The van der Waals surface area contributed by atoms with Crippen LogP contribution in [0.15, 0.2) is 24.3 Å². The molecule has 0 aliphatic rings. The minimum absolute atomic E-state index is 0.134. The molecular weight excluding hydrogens is 300 g/mol. The fourth-order valence-corrected chi connectivity index (χ4v) is 3.86. The smallest absolute Gasteiger partial charge is 0.113 e. The Kier molecular flexibility index (Phi) is 5.42. The molecule has 0 saturated carbocycles. The molecule has 114 valence electrons. The number of hydrogen-bond acceptors (Lipinski definition) is 3. The van der Waals surface area contributed by atoms with E-state index in [-0.39, 0.29) is 5.54 Å². The van der Waals surface area contributed by atoms with Crippen LogP contribution >= 0.6 is 22.9 Å².